The van der Waals surface area contributed by atoms with Gasteiger partial charge in [0.1, 0.15) is 54.4 Å². The molecule has 29 N–H and O–H groups in total. The van der Waals surface area contributed by atoms with E-state index in [9.17, 15) is 72.5 Å². The van der Waals surface area contributed by atoms with Gasteiger partial charge in [0.15, 0.2) is 11.9 Å². The maximum Gasteiger partial charge on any atom is 0.245 e. The average Bonchev–Trinajstić information content (AvgIpc) is 0.896. The van der Waals surface area contributed by atoms with Gasteiger partial charge in [-0.05, 0) is 126 Å². The number of unbranched alkanes of at least 4 members (excludes halogenated alkanes) is 2. The van der Waals surface area contributed by atoms with E-state index in [1.165, 1.54) is 20.8 Å². The minimum Gasteiger partial charge on any atom is -0.394 e. The number of aliphatic imine (C=N–C) groups is 2. The van der Waals surface area contributed by atoms with Gasteiger partial charge in [-0.25, -0.2) is 0 Å². The van der Waals surface area contributed by atoms with Gasteiger partial charge in [0.25, 0.3) is 0 Å². The Balaban J connectivity index is 1.64. The summed E-state index contributed by atoms with van der Waals surface area (Å²) < 4.78 is 0. The van der Waals surface area contributed by atoms with Crippen molar-refractivity contribution in [2.24, 2.45) is 50.1 Å². The third-order valence-electron chi connectivity index (χ3n) is 15.4. The summed E-state index contributed by atoms with van der Waals surface area (Å²) in [4.78, 5) is 181. The van der Waals surface area contributed by atoms with Crippen molar-refractivity contribution in [3.8, 4) is 0 Å². The molecule has 0 bridgehead atoms. The molecule has 3 rings (SSSR count). The number of hydrogen-bond acceptors (Lipinski definition) is 20. The molecule has 0 saturated carbocycles. The molecule has 37 heteroatoms. The zero-order valence-corrected chi connectivity index (χ0v) is 57.7. The monoisotopic (exact) mass is 1430 g/mol. The molecule has 37 nitrogen and oxygen atoms in total. The lowest BCUT2D eigenvalue weighted by atomic mass is 10.0. The van der Waals surface area contributed by atoms with Gasteiger partial charge in [0.2, 0.25) is 76.8 Å². The molecule has 0 radical (unpaired) electrons. The standard InChI is InChI=1S/C65H102N22O15/c1-37(79-52(92)35-78-63(102)54(39(3)89)87-61(100)48(30-40-15-5-4-6-16-40)81-53(93)34-77-51(91)33-76-50(90)32-73-31-41-23-24-42-17-7-8-18-43(42)29-41)56(95)83-47(22-14-28-75-65(71)72)59(98)85-45(20-10-12-26-67)60(99)86-49(36-88)62(101)80-38(2)57(96)84-46(21-13-27-74-64(69)70)58(97)82-44(55(68)94)19-9-11-25-66/h4-8,15-18,23-24,29,37-39,44-49,54,73,88-89H,9-14,19-22,25-28,30-36,66-67H2,1-3H3,(H2,68,94)(H,76,90)(H,77,91)(H,78,102)(H,79,92)(H,80,101)(H,81,93)(H,82,97)(H,83,95)(H,84,96)(H,85,98)(H,86,99)(H,87,100)(H4,69,70,74)(H4,71,72,75)/t37-,38-,39+,44-,45-,46-,47-,48-,49-,54+/m0/s1. The minimum atomic E-state index is -1.73. The van der Waals surface area contributed by atoms with Gasteiger partial charge >= 0.3 is 0 Å². The molecule has 0 spiro atoms. The van der Waals surface area contributed by atoms with Gasteiger partial charge in [-0.1, -0.05) is 66.7 Å². The highest BCUT2D eigenvalue weighted by Gasteiger charge is 2.34. The van der Waals surface area contributed by atoms with Gasteiger partial charge in [-0.2, -0.15) is 0 Å². The van der Waals surface area contributed by atoms with E-state index in [1.54, 1.807) is 30.3 Å². The van der Waals surface area contributed by atoms with Gasteiger partial charge in [-0.15, -0.1) is 0 Å². The van der Waals surface area contributed by atoms with Crippen LogP contribution in [0.3, 0.4) is 0 Å². The van der Waals surface area contributed by atoms with Crippen LogP contribution < -0.4 is 109 Å². The highest BCUT2D eigenvalue weighted by atomic mass is 16.3. The predicted octanol–water partition coefficient (Wildman–Crippen LogP) is -7.85. The van der Waals surface area contributed by atoms with Crippen molar-refractivity contribution < 1.29 is 72.5 Å². The van der Waals surface area contributed by atoms with Crippen molar-refractivity contribution in [1.82, 2.24) is 69.1 Å². The molecule has 13 amide bonds. The Labute approximate surface area is 590 Å². The first-order valence-electron chi connectivity index (χ1n) is 33.4. The number of aliphatic hydroxyl groups excluding tert-OH is 2. The number of nitrogens with two attached hydrogens (primary N) is 7. The fourth-order valence-electron chi connectivity index (χ4n) is 9.82. The summed E-state index contributed by atoms with van der Waals surface area (Å²) >= 11 is 0. The Morgan fingerprint density at radius 1 is 0.412 bits per heavy atom. The molecular formula is C65H102N22O15. The molecule has 562 valence electrons. The Bertz CT molecular complexity index is 3340. The van der Waals surface area contributed by atoms with E-state index in [4.69, 9.17) is 40.1 Å². The third-order valence-corrected chi connectivity index (χ3v) is 15.4. The molecule has 0 aliphatic rings. The summed E-state index contributed by atoms with van der Waals surface area (Å²) in [5.41, 5.74) is 40.2. The number of rotatable bonds is 48. The Hall–Kier alpha value is -10.6. The van der Waals surface area contributed by atoms with Crippen LogP contribution >= 0.6 is 0 Å². The molecule has 0 unspecified atom stereocenters. The molecule has 102 heavy (non-hydrogen) atoms. The highest BCUT2D eigenvalue weighted by molar-refractivity contribution is 5.99. The van der Waals surface area contributed by atoms with E-state index in [-0.39, 0.29) is 89.5 Å². The normalized spacial score (nSPS) is 13.8. The van der Waals surface area contributed by atoms with Crippen LogP contribution in [0.5, 0.6) is 0 Å². The van der Waals surface area contributed by atoms with Crippen LogP contribution in [0.15, 0.2) is 82.8 Å². The third kappa shape index (κ3) is 33.5. The van der Waals surface area contributed by atoms with E-state index >= 15 is 0 Å². The van der Waals surface area contributed by atoms with Gasteiger partial charge < -0.3 is 119 Å². The lowest BCUT2D eigenvalue weighted by Crippen LogP contribution is -2.60. The molecule has 0 aromatic heterocycles. The molecule has 3 aromatic rings. The van der Waals surface area contributed by atoms with Crippen LogP contribution in [0.1, 0.15) is 96.1 Å². The fourth-order valence-corrected chi connectivity index (χ4v) is 9.82. The fraction of sp³-hybridized carbons (Fsp3) is 0.523. The predicted molar refractivity (Wildman–Crippen MR) is 377 cm³/mol. The van der Waals surface area contributed by atoms with Crippen molar-refractivity contribution in [2.75, 3.05) is 59.0 Å². The summed E-state index contributed by atoms with van der Waals surface area (Å²) in [6.07, 6.45) is 0.0476. The number of carbonyl (C=O) groups is 13. The van der Waals surface area contributed by atoms with E-state index in [2.05, 4.69) is 79.1 Å². The zero-order valence-electron chi connectivity index (χ0n) is 57.7. The van der Waals surface area contributed by atoms with Crippen LogP contribution in [-0.4, -0.2) is 218 Å². The lowest BCUT2D eigenvalue weighted by molar-refractivity contribution is -0.136. The summed E-state index contributed by atoms with van der Waals surface area (Å²) in [6.45, 7) is 1.60. The number of nitrogens with one attached hydrogen (secondary N) is 13. The number of guanidine groups is 2. The molecule has 0 heterocycles. The second kappa shape index (κ2) is 46.7. The second-order valence-electron chi connectivity index (χ2n) is 24.0. The number of fused-ring (bicyclic) bond motifs is 1. The summed E-state index contributed by atoms with van der Waals surface area (Å²) in [6, 6.07) is 9.20. The Morgan fingerprint density at radius 2 is 0.853 bits per heavy atom. The summed E-state index contributed by atoms with van der Waals surface area (Å²) in [7, 11) is 0. The van der Waals surface area contributed by atoms with Crippen LogP contribution in [-0.2, 0) is 75.3 Å². The van der Waals surface area contributed by atoms with E-state index < -0.39 is 164 Å². The quantitative estimate of drug-likeness (QED) is 0.0142. The van der Waals surface area contributed by atoms with Gasteiger partial charge in [0.05, 0.1) is 38.9 Å². The number of amides is 13. The SMILES string of the molecule is C[C@H](NC(=O)CNC(=O)[C@H](NC(=O)[C@H](Cc1ccccc1)NC(=O)CNC(=O)CNC(=O)CNCc1ccc2ccccc2c1)[C@@H](C)O)C(=O)N[C@@H](CCCN=C(N)N)C(=O)N[C@@H](CCCCN)C(=O)N[C@@H](CO)C(=O)N[C@@H](C)C(=O)N[C@@H](CCCN=C(N)N)C(=O)N[C@@H](CCCCN)C(N)=O. The minimum absolute atomic E-state index is 0.0240. The number of hydrogen-bond donors (Lipinski definition) is 22. The first kappa shape index (κ1) is 85.6. The number of nitrogens with zero attached hydrogens (tertiary/aromatic N) is 2. The van der Waals surface area contributed by atoms with E-state index in [0.29, 0.717) is 37.9 Å². The van der Waals surface area contributed by atoms with Crippen molar-refractivity contribution in [3.05, 3.63) is 83.9 Å². The number of benzene rings is 3. The van der Waals surface area contributed by atoms with Gasteiger partial charge in [-0.3, -0.25) is 72.3 Å². The largest absolute Gasteiger partial charge is 0.394 e. The van der Waals surface area contributed by atoms with Crippen molar-refractivity contribution in [3.63, 3.8) is 0 Å². The first-order chi connectivity index (χ1) is 48.5. The summed E-state index contributed by atoms with van der Waals surface area (Å²) in [5, 5.41) is 55.4. The van der Waals surface area contributed by atoms with Crippen LogP contribution in [0, 0.1) is 0 Å². The number of aliphatic hydroxyl groups is 2. The molecule has 0 fully saturated rings. The van der Waals surface area contributed by atoms with Crippen molar-refractivity contribution >= 4 is 99.5 Å². The van der Waals surface area contributed by atoms with Crippen LogP contribution in [0.4, 0.5) is 0 Å². The molecule has 0 aliphatic heterocycles. The maximum atomic E-state index is 14.1. The second-order valence-corrected chi connectivity index (χ2v) is 24.0. The summed E-state index contributed by atoms with van der Waals surface area (Å²) in [5.74, 6) is -11.9. The van der Waals surface area contributed by atoms with E-state index in [1.807, 2.05) is 42.5 Å². The number of primary amides is 1. The Morgan fingerprint density at radius 3 is 1.38 bits per heavy atom. The van der Waals surface area contributed by atoms with Crippen LogP contribution in [0.25, 0.3) is 10.8 Å². The van der Waals surface area contributed by atoms with Gasteiger partial charge in [0, 0.05) is 26.1 Å². The highest BCUT2D eigenvalue weighted by Crippen LogP contribution is 2.16. The molecule has 0 aliphatic carbocycles. The zero-order chi connectivity index (χ0) is 75.7. The number of carbonyl (C=O) groups excluding carboxylic acids is 13. The first-order valence-corrected chi connectivity index (χ1v) is 33.4. The molecular weight excluding hydrogens is 1330 g/mol. The van der Waals surface area contributed by atoms with Crippen molar-refractivity contribution in [1.29, 1.82) is 0 Å². The average molecular weight is 1430 g/mol. The van der Waals surface area contributed by atoms with Crippen LogP contribution in [0.2, 0.25) is 0 Å². The van der Waals surface area contributed by atoms with Crippen molar-refractivity contribution in [2.45, 2.75) is 158 Å². The molecule has 10 atom stereocenters. The smallest absolute Gasteiger partial charge is 0.245 e. The maximum absolute atomic E-state index is 14.1. The lowest BCUT2D eigenvalue weighted by Gasteiger charge is -2.26. The topological polar surface area (TPSA) is 626 Å². The Kier molecular flexibility index (Phi) is 39.2. The molecule has 0 saturated heterocycles. The van der Waals surface area contributed by atoms with E-state index in [0.717, 1.165) is 16.3 Å². The molecule has 3 aromatic carbocycles.